The van der Waals surface area contributed by atoms with Crippen molar-refractivity contribution in [2.75, 3.05) is 0 Å². The number of aliphatic imine (C=N–C) groups is 1. The van der Waals surface area contributed by atoms with Gasteiger partial charge in [0.1, 0.15) is 0 Å². The molecular weight excluding hydrogens is 274 g/mol. The smallest absolute Gasteiger partial charge is 0.169 e. The van der Waals surface area contributed by atoms with Crippen LogP contribution in [0.5, 0.6) is 0 Å². The van der Waals surface area contributed by atoms with E-state index in [1.807, 2.05) is 24.6 Å². The molecule has 0 saturated carbocycles. The van der Waals surface area contributed by atoms with Gasteiger partial charge in [-0.2, -0.15) is 0 Å². The van der Waals surface area contributed by atoms with E-state index in [1.54, 1.807) is 6.20 Å². The molecule has 0 aromatic carbocycles. The van der Waals surface area contributed by atoms with Gasteiger partial charge < -0.3 is 4.57 Å². The Morgan fingerprint density at radius 2 is 2.09 bits per heavy atom. The second kappa shape index (κ2) is 4.26. The highest BCUT2D eigenvalue weighted by molar-refractivity contribution is 6.16. The number of aromatic nitrogens is 2. The Morgan fingerprint density at radius 3 is 3.05 bits per heavy atom. The molecule has 0 spiro atoms. The van der Waals surface area contributed by atoms with E-state index >= 15 is 0 Å². The third kappa shape index (κ3) is 1.44. The van der Waals surface area contributed by atoms with Gasteiger partial charge in [-0.25, -0.2) is 0 Å². The SMILES string of the molecule is O=C1CC=C2N=CC3=C(CCCC3)n3c2c1c1cnccc13. The van der Waals surface area contributed by atoms with E-state index in [4.69, 9.17) is 4.99 Å². The summed E-state index contributed by atoms with van der Waals surface area (Å²) in [7, 11) is 0. The van der Waals surface area contributed by atoms with Crippen LogP contribution in [0.1, 0.15) is 48.2 Å². The predicted molar refractivity (Wildman–Crippen MR) is 86.8 cm³/mol. The average Bonchev–Trinajstić information content (AvgIpc) is 2.81. The van der Waals surface area contributed by atoms with Crippen LogP contribution in [-0.2, 0) is 0 Å². The molecule has 0 radical (unpaired) electrons. The van der Waals surface area contributed by atoms with Gasteiger partial charge in [0, 0.05) is 36.1 Å². The number of hydrogen-bond acceptors (Lipinski definition) is 3. The summed E-state index contributed by atoms with van der Waals surface area (Å²) in [5.41, 5.74) is 6.41. The van der Waals surface area contributed by atoms with Crippen molar-refractivity contribution in [1.82, 2.24) is 9.55 Å². The molecule has 4 nitrogen and oxygen atoms in total. The molecule has 22 heavy (non-hydrogen) atoms. The van der Waals surface area contributed by atoms with Crippen molar-refractivity contribution in [2.45, 2.75) is 32.1 Å². The lowest BCUT2D eigenvalue weighted by molar-refractivity contribution is 0.0995. The monoisotopic (exact) mass is 289 g/mol. The van der Waals surface area contributed by atoms with Crippen LogP contribution in [0.2, 0.25) is 0 Å². The Bertz CT molecular complexity index is 927. The maximum Gasteiger partial charge on any atom is 0.169 e. The normalized spacial score (nSPS) is 19.8. The molecule has 3 heterocycles. The van der Waals surface area contributed by atoms with Crippen LogP contribution in [0, 0.1) is 0 Å². The van der Waals surface area contributed by atoms with Crippen molar-refractivity contribution in [3.05, 3.63) is 41.4 Å². The molecule has 3 aliphatic rings. The van der Waals surface area contributed by atoms with E-state index in [0.29, 0.717) is 6.42 Å². The van der Waals surface area contributed by atoms with Crippen molar-refractivity contribution >= 4 is 34.3 Å². The van der Waals surface area contributed by atoms with Crippen LogP contribution >= 0.6 is 0 Å². The lowest BCUT2D eigenvalue weighted by Crippen LogP contribution is -2.11. The molecule has 2 aliphatic carbocycles. The van der Waals surface area contributed by atoms with Crippen LogP contribution in [0.25, 0.3) is 22.3 Å². The number of pyridine rings is 1. The van der Waals surface area contributed by atoms with Gasteiger partial charge in [-0.05, 0) is 43.4 Å². The molecule has 0 amide bonds. The zero-order valence-corrected chi connectivity index (χ0v) is 12.2. The highest BCUT2D eigenvalue weighted by atomic mass is 16.1. The van der Waals surface area contributed by atoms with Gasteiger partial charge in [-0.15, -0.1) is 0 Å². The lowest BCUT2D eigenvalue weighted by Gasteiger charge is -2.20. The van der Waals surface area contributed by atoms with Crippen molar-refractivity contribution in [2.24, 2.45) is 4.99 Å². The summed E-state index contributed by atoms with van der Waals surface area (Å²) in [6.45, 7) is 0. The quantitative estimate of drug-likeness (QED) is 0.740. The number of carbonyl (C=O) groups excluding carboxylic acids is 1. The molecule has 1 aliphatic heterocycles. The fourth-order valence-electron chi connectivity index (χ4n) is 3.90. The summed E-state index contributed by atoms with van der Waals surface area (Å²) < 4.78 is 2.27. The number of Topliss-reactive ketones (excluding diaryl/α,β-unsaturated/α-hetero) is 1. The van der Waals surface area contributed by atoms with Crippen molar-refractivity contribution < 1.29 is 4.79 Å². The standard InChI is InChI=1S/C18H15N3O/c22-16-6-5-13-18-17(16)12-10-19-8-7-15(12)21(18)14-4-2-1-3-11(14)9-20-13/h5,7-10H,1-4,6H2. The van der Waals surface area contributed by atoms with Gasteiger partial charge in [0.2, 0.25) is 0 Å². The van der Waals surface area contributed by atoms with Gasteiger partial charge in [-0.3, -0.25) is 14.8 Å². The number of fused-ring (bicyclic) bond motifs is 4. The number of nitrogens with zero attached hydrogens (tertiary/aromatic N) is 3. The van der Waals surface area contributed by atoms with Crippen molar-refractivity contribution in [3.63, 3.8) is 0 Å². The van der Waals surface area contributed by atoms with Crippen LogP contribution < -0.4 is 0 Å². The largest absolute Gasteiger partial charge is 0.310 e. The summed E-state index contributed by atoms with van der Waals surface area (Å²) >= 11 is 0. The molecule has 0 bridgehead atoms. The number of ketones is 1. The first-order valence-corrected chi connectivity index (χ1v) is 7.83. The van der Waals surface area contributed by atoms with Crippen LogP contribution in [0.15, 0.2) is 35.1 Å². The first kappa shape index (κ1) is 12.1. The molecule has 2 aromatic rings. The fraction of sp³-hybridized carbons (Fsp3) is 0.278. The summed E-state index contributed by atoms with van der Waals surface area (Å²) in [4.78, 5) is 21.4. The van der Waals surface area contributed by atoms with Gasteiger partial charge in [0.15, 0.2) is 5.78 Å². The summed E-state index contributed by atoms with van der Waals surface area (Å²) in [5.74, 6) is 0.172. The molecule has 0 fully saturated rings. The van der Waals surface area contributed by atoms with Crippen molar-refractivity contribution in [3.8, 4) is 0 Å². The topological polar surface area (TPSA) is 47.2 Å². The fourth-order valence-corrected chi connectivity index (χ4v) is 3.90. The number of carbonyl (C=O) groups is 1. The Kier molecular flexibility index (Phi) is 2.34. The Hall–Kier alpha value is -2.49. The second-order valence-electron chi connectivity index (χ2n) is 6.11. The highest BCUT2D eigenvalue weighted by Gasteiger charge is 2.31. The van der Waals surface area contributed by atoms with Gasteiger partial charge in [0.05, 0.1) is 22.5 Å². The minimum absolute atomic E-state index is 0.172. The van der Waals surface area contributed by atoms with Gasteiger partial charge >= 0.3 is 0 Å². The molecule has 0 unspecified atom stereocenters. The molecule has 2 aromatic heterocycles. The number of rotatable bonds is 0. The van der Waals surface area contributed by atoms with E-state index in [1.165, 1.54) is 24.1 Å². The lowest BCUT2D eigenvalue weighted by atomic mass is 9.96. The zero-order valence-electron chi connectivity index (χ0n) is 12.2. The van der Waals surface area contributed by atoms with Crippen LogP contribution in [0.4, 0.5) is 0 Å². The van der Waals surface area contributed by atoms with E-state index in [9.17, 15) is 4.79 Å². The van der Waals surface area contributed by atoms with E-state index in [0.717, 1.165) is 40.7 Å². The highest BCUT2D eigenvalue weighted by Crippen LogP contribution is 2.42. The summed E-state index contributed by atoms with van der Waals surface area (Å²) in [5, 5.41) is 0.961. The maximum absolute atomic E-state index is 12.5. The third-order valence-corrected chi connectivity index (χ3v) is 4.88. The van der Waals surface area contributed by atoms with E-state index < -0.39 is 0 Å². The second-order valence-corrected chi connectivity index (χ2v) is 6.11. The average molecular weight is 289 g/mol. The zero-order chi connectivity index (χ0) is 14.7. The van der Waals surface area contributed by atoms with Gasteiger partial charge in [-0.1, -0.05) is 0 Å². The Balaban J connectivity index is 1.98. The minimum atomic E-state index is 0.172. The number of hydrogen-bond donors (Lipinski definition) is 0. The molecule has 0 N–H and O–H groups in total. The molecule has 108 valence electrons. The van der Waals surface area contributed by atoms with E-state index in [2.05, 4.69) is 9.55 Å². The minimum Gasteiger partial charge on any atom is -0.310 e. The van der Waals surface area contributed by atoms with E-state index in [-0.39, 0.29) is 5.78 Å². The molecular formula is C18H15N3O. The molecule has 4 heteroatoms. The third-order valence-electron chi connectivity index (χ3n) is 4.88. The summed E-state index contributed by atoms with van der Waals surface area (Å²) in [6.07, 6.45) is 12.5. The van der Waals surface area contributed by atoms with Crippen molar-refractivity contribution in [1.29, 1.82) is 0 Å². The van der Waals surface area contributed by atoms with Crippen LogP contribution in [0.3, 0.4) is 0 Å². The molecule has 5 rings (SSSR count). The Labute approximate surface area is 127 Å². The van der Waals surface area contributed by atoms with Gasteiger partial charge in [0.25, 0.3) is 0 Å². The first-order valence-electron chi connectivity index (χ1n) is 7.83. The predicted octanol–water partition coefficient (Wildman–Crippen LogP) is 3.83. The number of allylic oxidation sites excluding steroid dienone is 3. The molecule has 0 atom stereocenters. The Morgan fingerprint density at radius 1 is 1.18 bits per heavy atom. The summed E-state index contributed by atoms with van der Waals surface area (Å²) in [6, 6.07) is 2.02. The van der Waals surface area contributed by atoms with Crippen LogP contribution in [-0.4, -0.2) is 21.5 Å². The first-order chi connectivity index (χ1) is 10.8. The maximum atomic E-state index is 12.5. The molecule has 0 saturated heterocycles.